The first-order valence-corrected chi connectivity index (χ1v) is 17.0. The molecule has 0 saturated heterocycles. The molecule has 0 aromatic carbocycles. The molecule has 0 aliphatic carbocycles. The van der Waals surface area contributed by atoms with Gasteiger partial charge in [-0.15, -0.1) is 0 Å². The SMILES string of the molecule is CCCCCCCCCCCCCCCCCCOCC(CNC(=O)OCC)OP(=O)(O)OCC[N+](C)(C)C. The van der Waals surface area contributed by atoms with Crippen LogP contribution in [-0.4, -0.2) is 82.2 Å². The van der Waals surface area contributed by atoms with Gasteiger partial charge in [-0.25, -0.2) is 9.36 Å². The van der Waals surface area contributed by atoms with Crippen LogP contribution in [0, 0.1) is 0 Å². The number of carbonyl (C=O) groups is 1. The predicted octanol–water partition coefficient (Wildman–Crippen LogP) is 7.22. The highest BCUT2D eigenvalue weighted by Gasteiger charge is 2.28. The minimum Gasteiger partial charge on any atom is -0.450 e. The molecule has 39 heavy (non-hydrogen) atoms. The predicted molar refractivity (Wildman–Crippen MR) is 159 cm³/mol. The van der Waals surface area contributed by atoms with E-state index in [0.717, 1.165) is 12.8 Å². The topological polar surface area (TPSA) is 103 Å². The quantitative estimate of drug-likeness (QED) is 0.0571. The average molecular weight is 582 g/mol. The average Bonchev–Trinajstić information content (AvgIpc) is 2.85. The first kappa shape index (κ1) is 38.3. The Labute approximate surface area is 239 Å². The normalized spacial score (nSPS) is 14.2. The van der Waals surface area contributed by atoms with Gasteiger partial charge >= 0.3 is 13.9 Å². The molecule has 0 heterocycles. The molecule has 1 amide bonds. The van der Waals surface area contributed by atoms with Crippen molar-refractivity contribution in [2.45, 2.75) is 123 Å². The molecule has 2 atom stereocenters. The smallest absolute Gasteiger partial charge is 0.450 e. The lowest BCUT2D eigenvalue weighted by molar-refractivity contribution is -0.870. The number of amides is 1. The Morgan fingerprint density at radius 3 is 1.74 bits per heavy atom. The Morgan fingerprint density at radius 1 is 0.795 bits per heavy atom. The lowest BCUT2D eigenvalue weighted by atomic mass is 10.0. The summed E-state index contributed by atoms with van der Waals surface area (Å²) in [6, 6.07) is 0. The van der Waals surface area contributed by atoms with Crippen LogP contribution in [0.4, 0.5) is 4.79 Å². The third-order valence-corrected chi connectivity index (χ3v) is 7.57. The zero-order valence-corrected chi connectivity index (χ0v) is 26.8. The maximum atomic E-state index is 12.4. The third kappa shape index (κ3) is 28.6. The molecule has 0 aliphatic heterocycles. The second kappa shape index (κ2) is 25.0. The number of likely N-dealkylation sites (N-methyl/N-ethyl adjacent to an activating group) is 1. The van der Waals surface area contributed by atoms with Gasteiger partial charge in [0, 0.05) is 6.61 Å². The van der Waals surface area contributed by atoms with Crippen LogP contribution in [-0.2, 0) is 23.1 Å². The lowest BCUT2D eigenvalue weighted by Gasteiger charge is -2.25. The number of hydrogen-bond acceptors (Lipinski definition) is 6. The van der Waals surface area contributed by atoms with Gasteiger partial charge in [0.05, 0.1) is 40.9 Å². The maximum absolute atomic E-state index is 12.4. The summed E-state index contributed by atoms with van der Waals surface area (Å²) >= 11 is 0. The van der Waals surface area contributed by atoms with E-state index in [-0.39, 0.29) is 26.4 Å². The summed E-state index contributed by atoms with van der Waals surface area (Å²) in [4.78, 5) is 21.7. The second-order valence-corrected chi connectivity index (χ2v) is 12.9. The van der Waals surface area contributed by atoms with E-state index in [1.165, 1.54) is 89.9 Å². The molecule has 0 aromatic rings. The fraction of sp³-hybridized carbons (Fsp3) is 0.966. The van der Waals surface area contributed by atoms with Crippen molar-refractivity contribution in [1.29, 1.82) is 0 Å². The lowest BCUT2D eigenvalue weighted by Crippen LogP contribution is -2.38. The summed E-state index contributed by atoms with van der Waals surface area (Å²) in [6.45, 7) is 5.44. The van der Waals surface area contributed by atoms with Crippen molar-refractivity contribution in [1.82, 2.24) is 5.32 Å². The second-order valence-electron chi connectivity index (χ2n) is 11.5. The molecule has 2 unspecified atom stereocenters. The number of phosphoric ester groups is 1. The van der Waals surface area contributed by atoms with E-state index < -0.39 is 20.0 Å². The zero-order chi connectivity index (χ0) is 29.2. The minimum atomic E-state index is -4.29. The first-order chi connectivity index (χ1) is 18.6. The monoisotopic (exact) mass is 581 g/mol. The highest BCUT2D eigenvalue weighted by molar-refractivity contribution is 7.47. The van der Waals surface area contributed by atoms with Crippen molar-refractivity contribution in [2.75, 3.05) is 60.7 Å². The van der Waals surface area contributed by atoms with Crippen LogP contribution in [0.2, 0.25) is 0 Å². The summed E-state index contributed by atoms with van der Waals surface area (Å²) in [5.41, 5.74) is 0. The van der Waals surface area contributed by atoms with Crippen molar-refractivity contribution < 1.29 is 37.3 Å². The molecule has 0 saturated carbocycles. The number of carbonyl (C=O) groups excluding carboxylic acids is 1. The number of alkyl carbamates (subject to hydrolysis) is 1. The van der Waals surface area contributed by atoms with Gasteiger partial charge in [0.15, 0.2) is 0 Å². The number of nitrogens with one attached hydrogen (secondary N) is 1. The summed E-state index contributed by atoms with van der Waals surface area (Å²) in [6.07, 6.45) is 19.5. The van der Waals surface area contributed by atoms with Gasteiger partial charge < -0.3 is 24.2 Å². The van der Waals surface area contributed by atoms with E-state index in [4.69, 9.17) is 18.5 Å². The molecule has 0 bridgehead atoms. The fourth-order valence-electron chi connectivity index (χ4n) is 4.12. The molecular weight excluding hydrogens is 519 g/mol. The van der Waals surface area contributed by atoms with Crippen LogP contribution >= 0.6 is 7.82 Å². The Morgan fingerprint density at radius 2 is 1.28 bits per heavy atom. The number of quaternary nitrogens is 1. The molecule has 0 aliphatic rings. The Balaban J connectivity index is 3.94. The molecule has 0 rings (SSSR count). The molecule has 0 fully saturated rings. The first-order valence-electron chi connectivity index (χ1n) is 15.5. The van der Waals surface area contributed by atoms with Gasteiger partial charge in [0.1, 0.15) is 19.3 Å². The maximum Gasteiger partial charge on any atom is 0.472 e. The van der Waals surface area contributed by atoms with Crippen LogP contribution in [0.3, 0.4) is 0 Å². The van der Waals surface area contributed by atoms with E-state index >= 15 is 0 Å². The van der Waals surface area contributed by atoms with Crippen molar-refractivity contribution in [3.8, 4) is 0 Å². The number of unbranched alkanes of at least 4 members (excludes halogenated alkanes) is 15. The van der Waals surface area contributed by atoms with Gasteiger partial charge in [-0.05, 0) is 13.3 Å². The third-order valence-electron chi connectivity index (χ3n) is 6.49. The van der Waals surface area contributed by atoms with Crippen molar-refractivity contribution in [2.24, 2.45) is 0 Å². The van der Waals surface area contributed by atoms with Crippen molar-refractivity contribution in [3.05, 3.63) is 0 Å². The highest BCUT2D eigenvalue weighted by Crippen LogP contribution is 2.44. The molecule has 9 nitrogen and oxygen atoms in total. The van der Waals surface area contributed by atoms with Crippen LogP contribution < -0.4 is 5.32 Å². The molecular formula is C29H62N2O7P+. The van der Waals surface area contributed by atoms with E-state index in [1.54, 1.807) is 6.92 Å². The van der Waals surface area contributed by atoms with E-state index in [0.29, 0.717) is 17.6 Å². The largest absolute Gasteiger partial charge is 0.472 e. The van der Waals surface area contributed by atoms with E-state index in [1.807, 2.05) is 21.1 Å². The Hall–Kier alpha value is -0.700. The Bertz CT molecular complexity index is 617. The molecule has 10 heteroatoms. The number of ether oxygens (including phenoxy) is 2. The van der Waals surface area contributed by atoms with Crippen molar-refractivity contribution >= 4 is 13.9 Å². The van der Waals surface area contributed by atoms with Crippen molar-refractivity contribution in [3.63, 3.8) is 0 Å². The number of hydrogen-bond donors (Lipinski definition) is 2. The summed E-state index contributed by atoms with van der Waals surface area (Å²) in [7, 11) is 1.60. The summed E-state index contributed by atoms with van der Waals surface area (Å²) in [5.74, 6) is 0. The Kier molecular flexibility index (Phi) is 24.6. The molecule has 234 valence electrons. The van der Waals surface area contributed by atoms with Crippen LogP contribution in [0.15, 0.2) is 0 Å². The fourth-order valence-corrected chi connectivity index (χ4v) is 5.01. The van der Waals surface area contributed by atoms with Gasteiger partial charge in [0.25, 0.3) is 0 Å². The van der Waals surface area contributed by atoms with E-state index in [2.05, 4.69) is 12.2 Å². The van der Waals surface area contributed by atoms with Gasteiger partial charge in [0.2, 0.25) is 0 Å². The number of rotatable bonds is 28. The highest BCUT2D eigenvalue weighted by atomic mass is 31.2. The van der Waals surface area contributed by atoms with Gasteiger partial charge in [-0.2, -0.15) is 0 Å². The standard InChI is InChI=1S/C29H61N2O7P/c1-6-8-9-10-11-12-13-14-15-16-17-18-19-20-21-22-24-35-27-28(26-30-29(32)36-7-2)38-39(33,34)37-25-23-31(3,4)5/h28H,6-27H2,1-5H3,(H-,30,32,33,34)/p+1. The molecule has 0 aromatic heterocycles. The summed E-state index contributed by atoms with van der Waals surface area (Å²) < 4.78 is 33.9. The van der Waals surface area contributed by atoms with Gasteiger partial charge in [-0.3, -0.25) is 9.05 Å². The van der Waals surface area contributed by atoms with E-state index in [9.17, 15) is 14.3 Å². The number of phosphoric acid groups is 1. The van der Waals surface area contributed by atoms with Crippen LogP contribution in [0.1, 0.15) is 117 Å². The molecule has 0 spiro atoms. The van der Waals surface area contributed by atoms with Crippen LogP contribution in [0.5, 0.6) is 0 Å². The van der Waals surface area contributed by atoms with Crippen LogP contribution in [0.25, 0.3) is 0 Å². The summed E-state index contributed by atoms with van der Waals surface area (Å²) in [5, 5.41) is 2.54. The van der Waals surface area contributed by atoms with Gasteiger partial charge in [-0.1, -0.05) is 103 Å². The number of nitrogens with zero attached hydrogens (tertiary/aromatic N) is 1. The molecule has 2 N–H and O–H groups in total. The minimum absolute atomic E-state index is 0.0129. The zero-order valence-electron chi connectivity index (χ0n) is 25.9. The molecule has 0 radical (unpaired) electrons.